The first-order valence-electron chi connectivity index (χ1n) is 8.27. The topological polar surface area (TPSA) is 75.4 Å². The summed E-state index contributed by atoms with van der Waals surface area (Å²) < 4.78 is 39.0. The van der Waals surface area contributed by atoms with Gasteiger partial charge in [-0.1, -0.05) is 6.92 Å². The lowest BCUT2D eigenvalue weighted by Gasteiger charge is -2.34. The third-order valence-corrected chi connectivity index (χ3v) is 4.25. The second-order valence-electron chi connectivity index (χ2n) is 6.06. The van der Waals surface area contributed by atoms with Crippen LogP contribution in [0.1, 0.15) is 43.7 Å². The highest BCUT2D eigenvalue weighted by Crippen LogP contribution is 2.32. The van der Waals surface area contributed by atoms with Gasteiger partial charge in [0.25, 0.3) is 0 Å². The second-order valence-corrected chi connectivity index (χ2v) is 6.06. The SMILES string of the molecule is CCC(=O)N1CCCCC1C(=O)Nc1cc(CN)cc(C(F)(F)F)c1. The van der Waals surface area contributed by atoms with Gasteiger partial charge in [0, 0.05) is 25.2 Å². The van der Waals surface area contributed by atoms with Gasteiger partial charge in [-0.15, -0.1) is 0 Å². The zero-order chi connectivity index (χ0) is 18.6. The van der Waals surface area contributed by atoms with Gasteiger partial charge >= 0.3 is 6.18 Å². The zero-order valence-electron chi connectivity index (χ0n) is 14.0. The van der Waals surface area contributed by atoms with E-state index in [2.05, 4.69) is 5.32 Å². The number of nitrogens with zero attached hydrogens (tertiary/aromatic N) is 1. The Morgan fingerprint density at radius 3 is 2.60 bits per heavy atom. The molecule has 1 aliphatic heterocycles. The number of halogens is 3. The Kier molecular flexibility index (Phi) is 6.05. The molecule has 0 spiro atoms. The van der Waals surface area contributed by atoms with Crippen LogP contribution in [0.2, 0.25) is 0 Å². The van der Waals surface area contributed by atoms with Crippen LogP contribution in [0.15, 0.2) is 18.2 Å². The number of hydrogen-bond donors (Lipinski definition) is 2. The summed E-state index contributed by atoms with van der Waals surface area (Å²) in [5.41, 5.74) is 4.90. The quantitative estimate of drug-likeness (QED) is 0.870. The van der Waals surface area contributed by atoms with Gasteiger partial charge in [-0.05, 0) is 43.0 Å². The van der Waals surface area contributed by atoms with Crippen molar-refractivity contribution in [1.82, 2.24) is 4.90 Å². The van der Waals surface area contributed by atoms with Crippen LogP contribution in [0.25, 0.3) is 0 Å². The van der Waals surface area contributed by atoms with Crippen LogP contribution in [0.3, 0.4) is 0 Å². The fourth-order valence-electron chi connectivity index (χ4n) is 2.98. The van der Waals surface area contributed by atoms with E-state index in [-0.39, 0.29) is 30.1 Å². The second kappa shape index (κ2) is 7.86. The summed E-state index contributed by atoms with van der Waals surface area (Å²) in [6.45, 7) is 2.13. The Bertz CT molecular complexity index is 647. The van der Waals surface area contributed by atoms with Crippen molar-refractivity contribution in [2.45, 2.75) is 51.4 Å². The summed E-state index contributed by atoms with van der Waals surface area (Å²) in [4.78, 5) is 26.1. The molecule has 5 nitrogen and oxygen atoms in total. The summed E-state index contributed by atoms with van der Waals surface area (Å²) in [5.74, 6) is -0.602. The normalized spacial score (nSPS) is 18.1. The van der Waals surface area contributed by atoms with Gasteiger partial charge in [-0.25, -0.2) is 0 Å². The molecule has 1 heterocycles. The molecule has 1 saturated heterocycles. The Morgan fingerprint density at radius 2 is 2.00 bits per heavy atom. The third-order valence-electron chi connectivity index (χ3n) is 4.25. The van der Waals surface area contributed by atoms with Crippen LogP contribution in [0.5, 0.6) is 0 Å². The van der Waals surface area contributed by atoms with Gasteiger partial charge in [0.2, 0.25) is 11.8 Å². The molecular weight excluding hydrogens is 335 g/mol. The van der Waals surface area contributed by atoms with Crippen LogP contribution in [-0.4, -0.2) is 29.3 Å². The molecule has 138 valence electrons. The van der Waals surface area contributed by atoms with Crippen molar-refractivity contribution < 1.29 is 22.8 Å². The summed E-state index contributed by atoms with van der Waals surface area (Å²) in [7, 11) is 0. The number of rotatable bonds is 4. The third kappa shape index (κ3) is 4.72. The maximum atomic E-state index is 13.0. The number of amides is 2. The highest BCUT2D eigenvalue weighted by atomic mass is 19.4. The Labute approximate surface area is 144 Å². The molecule has 0 aromatic heterocycles. The molecule has 0 bridgehead atoms. The predicted octanol–water partition coefficient (Wildman–Crippen LogP) is 2.89. The average Bonchev–Trinajstić information content (AvgIpc) is 2.59. The number of piperidine rings is 1. The van der Waals surface area contributed by atoms with Crippen LogP contribution in [0, 0.1) is 0 Å². The molecule has 2 rings (SSSR count). The van der Waals surface area contributed by atoms with E-state index in [9.17, 15) is 22.8 Å². The van der Waals surface area contributed by atoms with Gasteiger partial charge in [-0.3, -0.25) is 9.59 Å². The molecule has 3 N–H and O–H groups in total. The molecule has 0 saturated carbocycles. The lowest BCUT2D eigenvalue weighted by molar-refractivity contribution is -0.140. The minimum atomic E-state index is -4.53. The maximum Gasteiger partial charge on any atom is 0.416 e. The van der Waals surface area contributed by atoms with E-state index >= 15 is 0 Å². The first-order chi connectivity index (χ1) is 11.8. The lowest BCUT2D eigenvalue weighted by Crippen LogP contribution is -2.49. The van der Waals surface area contributed by atoms with E-state index in [0.717, 1.165) is 25.0 Å². The fraction of sp³-hybridized carbons (Fsp3) is 0.529. The number of nitrogens with one attached hydrogen (secondary N) is 1. The zero-order valence-corrected chi connectivity index (χ0v) is 14.0. The van der Waals surface area contributed by atoms with Crippen molar-refractivity contribution in [3.63, 3.8) is 0 Å². The van der Waals surface area contributed by atoms with Gasteiger partial charge < -0.3 is 16.0 Å². The molecule has 1 aromatic rings. The van der Waals surface area contributed by atoms with Crippen molar-refractivity contribution in [2.75, 3.05) is 11.9 Å². The molecule has 8 heteroatoms. The number of benzene rings is 1. The minimum absolute atomic E-state index is 0.0368. The molecule has 0 radical (unpaired) electrons. The van der Waals surface area contributed by atoms with Gasteiger partial charge in [0.15, 0.2) is 0 Å². The number of anilines is 1. The number of nitrogens with two attached hydrogens (primary N) is 1. The summed E-state index contributed by atoms with van der Waals surface area (Å²) >= 11 is 0. The van der Waals surface area contributed by atoms with Crippen molar-refractivity contribution in [3.8, 4) is 0 Å². The molecule has 1 atom stereocenters. The van der Waals surface area contributed by atoms with Gasteiger partial charge in [0.1, 0.15) is 6.04 Å². The summed E-state index contributed by atoms with van der Waals surface area (Å²) in [5, 5.41) is 2.52. The van der Waals surface area contributed by atoms with E-state index < -0.39 is 23.7 Å². The smallest absolute Gasteiger partial charge is 0.331 e. The van der Waals surface area contributed by atoms with Gasteiger partial charge in [-0.2, -0.15) is 13.2 Å². The summed E-state index contributed by atoms with van der Waals surface area (Å²) in [6, 6.07) is 2.61. The molecule has 1 aromatic carbocycles. The Hall–Kier alpha value is -2.09. The molecule has 1 aliphatic rings. The largest absolute Gasteiger partial charge is 0.416 e. The highest BCUT2D eigenvalue weighted by molar-refractivity contribution is 5.97. The number of hydrogen-bond acceptors (Lipinski definition) is 3. The van der Waals surface area contributed by atoms with E-state index in [1.807, 2.05) is 0 Å². The Morgan fingerprint density at radius 1 is 1.28 bits per heavy atom. The molecular formula is C17H22F3N3O2. The molecule has 2 amide bonds. The van der Waals surface area contributed by atoms with Crippen molar-refractivity contribution in [2.24, 2.45) is 5.73 Å². The van der Waals surface area contributed by atoms with Crippen molar-refractivity contribution in [3.05, 3.63) is 29.3 Å². The van der Waals surface area contributed by atoms with Crippen LogP contribution < -0.4 is 11.1 Å². The van der Waals surface area contributed by atoms with E-state index in [0.29, 0.717) is 13.0 Å². The molecule has 0 aliphatic carbocycles. The van der Waals surface area contributed by atoms with E-state index in [4.69, 9.17) is 5.73 Å². The maximum absolute atomic E-state index is 13.0. The van der Waals surface area contributed by atoms with Crippen molar-refractivity contribution >= 4 is 17.5 Å². The van der Waals surface area contributed by atoms with E-state index in [1.54, 1.807) is 6.92 Å². The molecule has 25 heavy (non-hydrogen) atoms. The predicted molar refractivity (Wildman–Crippen MR) is 87.6 cm³/mol. The Balaban J connectivity index is 2.22. The molecule has 1 unspecified atom stereocenters. The first kappa shape index (κ1) is 19.2. The lowest BCUT2D eigenvalue weighted by atomic mass is 10.0. The molecule has 1 fully saturated rings. The standard InChI is InChI=1S/C17H22F3N3O2/c1-2-15(24)23-6-4-3-5-14(23)16(25)22-13-8-11(10-21)7-12(9-13)17(18,19)20/h7-9,14H,2-6,10,21H2,1H3,(H,22,25). The number of alkyl halides is 3. The minimum Gasteiger partial charge on any atom is -0.331 e. The van der Waals surface area contributed by atoms with E-state index in [1.165, 1.54) is 11.0 Å². The monoisotopic (exact) mass is 357 g/mol. The average molecular weight is 357 g/mol. The van der Waals surface area contributed by atoms with Crippen LogP contribution >= 0.6 is 0 Å². The van der Waals surface area contributed by atoms with Crippen molar-refractivity contribution in [1.29, 1.82) is 0 Å². The summed E-state index contributed by atoms with van der Waals surface area (Å²) in [6.07, 6.45) is -2.14. The van der Waals surface area contributed by atoms with Crippen LogP contribution in [-0.2, 0) is 22.3 Å². The highest BCUT2D eigenvalue weighted by Gasteiger charge is 2.33. The number of likely N-dealkylation sites (tertiary alicyclic amines) is 1. The van der Waals surface area contributed by atoms with Gasteiger partial charge in [0.05, 0.1) is 5.56 Å². The fourth-order valence-corrected chi connectivity index (χ4v) is 2.98. The van der Waals surface area contributed by atoms with Crippen LogP contribution in [0.4, 0.5) is 18.9 Å². The number of carbonyl (C=O) groups excluding carboxylic acids is 2. The number of carbonyl (C=O) groups is 2. The first-order valence-corrected chi connectivity index (χ1v) is 8.27.